The normalized spacial score (nSPS) is 29.4. The van der Waals surface area contributed by atoms with Crippen molar-refractivity contribution in [1.82, 2.24) is 5.32 Å². The first kappa shape index (κ1) is 17.1. The van der Waals surface area contributed by atoms with E-state index in [-0.39, 0.29) is 0 Å². The molecule has 0 unspecified atom stereocenters. The molecule has 142 valence electrons. The molecule has 27 heavy (non-hydrogen) atoms. The van der Waals surface area contributed by atoms with Gasteiger partial charge in [-0.1, -0.05) is 31.1 Å². The Morgan fingerprint density at radius 2 is 2.22 bits per heavy atom. The zero-order valence-corrected chi connectivity index (χ0v) is 16.3. The summed E-state index contributed by atoms with van der Waals surface area (Å²) in [5, 5.41) is 3.87. The van der Waals surface area contributed by atoms with Gasteiger partial charge in [-0.05, 0) is 73.4 Å². The number of nitrogens with one attached hydrogen (secondary N) is 1. The van der Waals surface area contributed by atoms with Crippen LogP contribution in [0.1, 0.15) is 48.8 Å². The molecule has 1 aliphatic heterocycles. The second-order valence-corrected chi connectivity index (χ2v) is 8.66. The summed E-state index contributed by atoms with van der Waals surface area (Å²) in [7, 11) is 2.19. The van der Waals surface area contributed by atoms with Crippen LogP contribution < -0.4 is 10.2 Å². The summed E-state index contributed by atoms with van der Waals surface area (Å²) in [6.45, 7) is 1.19. The van der Waals surface area contributed by atoms with Crippen molar-refractivity contribution in [3.05, 3.63) is 65.8 Å². The first-order chi connectivity index (χ1) is 13.3. The van der Waals surface area contributed by atoms with E-state index in [9.17, 15) is 0 Å². The van der Waals surface area contributed by atoms with Crippen molar-refractivity contribution < 1.29 is 4.42 Å². The van der Waals surface area contributed by atoms with E-state index in [1.807, 2.05) is 12.3 Å². The minimum atomic E-state index is 0.430. The van der Waals surface area contributed by atoms with Crippen LogP contribution in [-0.2, 0) is 18.3 Å². The van der Waals surface area contributed by atoms with Crippen molar-refractivity contribution >= 4 is 5.69 Å². The van der Waals surface area contributed by atoms with E-state index in [0.29, 0.717) is 11.5 Å². The predicted octanol–water partition coefficient (Wildman–Crippen LogP) is 4.82. The summed E-state index contributed by atoms with van der Waals surface area (Å²) in [6.07, 6.45) is 17.0. The molecule has 3 nitrogen and oxygen atoms in total. The highest BCUT2D eigenvalue weighted by Crippen LogP contribution is 2.55. The molecule has 0 spiro atoms. The monoisotopic (exact) mass is 362 g/mol. The van der Waals surface area contributed by atoms with Crippen LogP contribution in [0.4, 0.5) is 5.69 Å². The minimum absolute atomic E-state index is 0.430. The van der Waals surface area contributed by atoms with Crippen LogP contribution in [0.2, 0.25) is 0 Å². The number of nitrogens with zero attached hydrogens (tertiary/aromatic N) is 1. The zero-order valence-electron chi connectivity index (χ0n) is 16.3. The standard InChI is InChI=1S/C24H30N2O/c1-26(14-5-6-18-10-15-27-17-18)23-9-4-8-20-19(23)16-22-21-7-2-3-11-24(20,21)12-13-25-22/h4-5,8-10,14-15,17,21-22,25H,2-3,6-7,11-13,16H2,1H3/b14-5+/t21-,22+,24-/m0/s1. The van der Waals surface area contributed by atoms with Crippen LogP contribution in [-0.4, -0.2) is 19.6 Å². The predicted molar refractivity (Wildman–Crippen MR) is 110 cm³/mol. The third-order valence-electron chi connectivity index (χ3n) is 7.32. The number of rotatable bonds is 4. The summed E-state index contributed by atoms with van der Waals surface area (Å²) in [6, 6.07) is 9.73. The van der Waals surface area contributed by atoms with Gasteiger partial charge in [0.2, 0.25) is 0 Å². The minimum Gasteiger partial charge on any atom is -0.472 e. The molecule has 1 N–H and O–H groups in total. The lowest BCUT2D eigenvalue weighted by Crippen LogP contribution is -2.59. The fraction of sp³-hybridized carbons (Fsp3) is 0.500. The first-order valence-corrected chi connectivity index (χ1v) is 10.5. The Morgan fingerprint density at radius 3 is 3.11 bits per heavy atom. The molecule has 2 fully saturated rings. The molecular weight excluding hydrogens is 332 g/mol. The van der Waals surface area contributed by atoms with E-state index in [4.69, 9.17) is 4.42 Å². The third-order valence-corrected chi connectivity index (χ3v) is 7.32. The fourth-order valence-corrected chi connectivity index (χ4v) is 6.11. The average Bonchev–Trinajstić information content (AvgIpc) is 3.21. The molecule has 2 aliphatic carbocycles. The summed E-state index contributed by atoms with van der Waals surface area (Å²) < 4.78 is 5.17. The van der Waals surface area contributed by atoms with Crippen molar-refractivity contribution in [3.8, 4) is 0 Å². The van der Waals surface area contributed by atoms with Gasteiger partial charge in [-0.15, -0.1) is 0 Å². The number of anilines is 1. The lowest BCUT2D eigenvalue weighted by atomic mass is 9.52. The number of hydrogen-bond donors (Lipinski definition) is 1. The van der Waals surface area contributed by atoms with Gasteiger partial charge in [0.25, 0.3) is 0 Å². The summed E-state index contributed by atoms with van der Waals surface area (Å²) >= 11 is 0. The van der Waals surface area contributed by atoms with Crippen molar-refractivity contribution in [2.45, 2.75) is 56.4 Å². The lowest BCUT2D eigenvalue weighted by molar-refractivity contribution is 0.0799. The lowest BCUT2D eigenvalue weighted by Gasteiger charge is -2.56. The van der Waals surface area contributed by atoms with Crippen LogP contribution in [0.3, 0.4) is 0 Å². The SMILES string of the molecule is CN(/C=C/Cc1ccoc1)c1cccc2c1C[C@H]1NCC[C@@]23CCCC[C@@H]13. The van der Waals surface area contributed by atoms with E-state index in [1.54, 1.807) is 17.4 Å². The smallest absolute Gasteiger partial charge is 0.0937 e. The van der Waals surface area contributed by atoms with Crippen molar-refractivity contribution in [1.29, 1.82) is 0 Å². The fourth-order valence-electron chi connectivity index (χ4n) is 6.11. The van der Waals surface area contributed by atoms with Crippen LogP contribution in [0.25, 0.3) is 0 Å². The molecule has 1 saturated heterocycles. The molecule has 3 heteroatoms. The van der Waals surface area contributed by atoms with Crippen LogP contribution in [0, 0.1) is 5.92 Å². The Hall–Kier alpha value is -2.00. The Balaban J connectivity index is 1.47. The van der Waals surface area contributed by atoms with E-state index >= 15 is 0 Å². The van der Waals surface area contributed by atoms with Gasteiger partial charge in [-0.25, -0.2) is 0 Å². The maximum absolute atomic E-state index is 5.17. The second-order valence-electron chi connectivity index (χ2n) is 8.66. The maximum Gasteiger partial charge on any atom is 0.0937 e. The van der Waals surface area contributed by atoms with E-state index < -0.39 is 0 Å². The van der Waals surface area contributed by atoms with Gasteiger partial charge in [0.05, 0.1) is 12.5 Å². The maximum atomic E-state index is 5.17. The van der Waals surface area contributed by atoms with Gasteiger partial charge in [0, 0.05) is 30.4 Å². The largest absolute Gasteiger partial charge is 0.472 e. The molecule has 2 bridgehead atoms. The summed E-state index contributed by atoms with van der Waals surface area (Å²) in [4.78, 5) is 2.31. The van der Waals surface area contributed by atoms with E-state index in [1.165, 1.54) is 56.3 Å². The van der Waals surface area contributed by atoms with Gasteiger partial charge in [-0.2, -0.15) is 0 Å². The number of furan rings is 1. The van der Waals surface area contributed by atoms with E-state index in [0.717, 1.165) is 12.3 Å². The summed E-state index contributed by atoms with van der Waals surface area (Å²) in [5.41, 5.74) is 6.28. The average molecular weight is 363 g/mol. The number of piperidine rings is 1. The van der Waals surface area contributed by atoms with Crippen molar-refractivity contribution in [2.24, 2.45) is 5.92 Å². The van der Waals surface area contributed by atoms with Crippen molar-refractivity contribution in [3.63, 3.8) is 0 Å². The summed E-state index contributed by atoms with van der Waals surface area (Å²) in [5.74, 6) is 0.838. The highest BCUT2D eigenvalue weighted by molar-refractivity contribution is 5.62. The van der Waals surface area contributed by atoms with Crippen LogP contribution >= 0.6 is 0 Å². The molecule has 0 amide bonds. The Bertz CT molecular complexity index is 821. The van der Waals surface area contributed by atoms with Gasteiger partial charge in [0.1, 0.15) is 0 Å². The molecule has 3 aliphatic rings. The molecule has 5 rings (SSSR count). The van der Waals surface area contributed by atoms with E-state index in [2.05, 4.69) is 47.7 Å². The molecule has 3 atom stereocenters. The number of hydrogen-bond acceptors (Lipinski definition) is 3. The first-order valence-electron chi connectivity index (χ1n) is 10.5. The van der Waals surface area contributed by atoms with Crippen LogP contribution in [0.15, 0.2) is 53.5 Å². The van der Waals surface area contributed by atoms with Gasteiger partial charge < -0.3 is 14.6 Å². The highest BCUT2D eigenvalue weighted by Gasteiger charge is 2.51. The Labute approximate surface area is 162 Å². The van der Waals surface area contributed by atoms with Crippen molar-refractivity contribution in [2.75, 3.05) is 18.5 Å². The molecule has 1 aromatic carbocycles. The number of fused-ring (bicyclic) bond motifs is 1. The Morgan fingerprint density at radius 1 is 1.26 bits per heavy atom. The van der Waals surface area contributed by atoms with Gasteiger partial charge in [-0.3, -0.25) is 0 Å². The van der Waals surface area contributed by atoms with Gasteiger partial charge >= 0.3 is 0 Å². The second kappa shape index (κ2) is 6.87. The number of benzene rings is 1. The van der Waals surface area contributed by atoms with Gasteiger partial charge in [0.15, 0.2) is 0 Å². The molecule has 1 saturated carbocycles. The van der Waals surface area contributed by atoms with Crippen LogP contribution in [0.5, 0.6) is 0 Å². The number of allylic oxidation sites excluding steroid dienone is 1. The third kappa shape index (κ3) is 2.84. The Kier molecular flexibility index (Phi) is 4.35. The highest BCUT2D eigenvalue weighted by atomic mass is 16.3. The molecule has 1 aromatic heterocycles. The quantitative estimate of drug-likeness (QED) is 0.845. The zero-order chi connectivity index (χ0) is 18.3. The molecule has 0 radical (unpaired) electrons. The molecular formula is C24H30N2O. The topological polar surface area (TPSA) is 28.4 Å². The molecule has 2 heterocycles. The molecule has 2 aromatic rings.